The molecule has 0 N–H and O–H groups in total. The number of hydrogen-bond acceptors (Lipinski definition) is 2. The lowest BCUT2D eigenvalue weighted by atomic mass is 10.1. The second kappa shape index (κ2) is 5.82. The van der Waals surface area contributed by atoms with E-state index in [0.717, 1.165) is 5.56 Å². The number of para-hydroxylation sites is 1. The number of rotatable bonds is 4. The molecule has 2 aromatic carbocycles. The van der Waals surface area contributed by atoms with Crippen LogP contribution in [0.15, 0.2) is 60.7 Å². The third kappa shape index (κ3) is 2.86. The van der Waals surface area contributed by atoms with E-state index in [4.69, 9.17) is 4.74 Å². The summed E-state index contributed by atoms with van der Waals surface area (Å²) in [7, 11) is 1.56. The largest absolute Gasteiger partial charge is 0.496 e. The summed E-state index contributed by atoms with van der Waals surface area (Å²) < 4.78 is 5.16. The highest BCUT2D eigenvalue weighted by Crippen LogP contribution is 2.18. The SMILES string of the molecule is COc1ccccc1C(=O)/C=C/c1ccccc1. The molecule has 0 aliphatic rings. The van der Waals surface area contributed by atoms with Gasteiger partial charge in [0.15, 0.2) is 5.78 Å². The molecule has 18 heavy (non-hydrogen) atoms. The van der Waals surface area contributed by atoms with Crippen LogP contribution in [0.1, 0.15) is 15.9 Å². The van der Waals surface area contributed by atoms with Gasteiger partial charge < -0.3 is 4.74 Å². The van der Waals surface area contributed by atoms with Crippen LogP contribution in [-0.2, 0) is 0 Å². The Kier molecular flexibility index (Phi) is 3.92. The highest BCUT2D eigenvalue weighted by atomic mass is 16.5. The quantitative estimate of drug-likeness (QED) is 0.601. The molecule has 2 rings (SSSR count). The Labute approximate surface area is 107 Å². The molecule has 0 amide bonds. The van der Waals surface area contributed by atoms with Gasteiger partial charge in [-0.05, 0) is 23.8 Å². The van der Waals surface area contributed by atoms with Gasteiger partial charge in [-0.2, -0.15) is 0 Å². The summed E-state index contributed by atoms with van der Waals surface area (Å²) in [4.78, 5) is 12.0. The molecule has 0 unspecified atom stereocenters. The van der Waals surface area contributed by atoms with Crippen LogP contribution >= 0.6 is 0 Å². The maximum absolute atomic E-state index is 12.0. The van der Waals surface area contributed by atoms with Crippen LogP contribution in [0.3, 0.4) is 0 Å². The zero-order valence-corrected chi connectivity index (χ0v) is 10.2. The van der Waals surface area contributed by atoms with Crippen molar-refractivity contribution in [2.45, 2.75) is 0 Å². The van der Waals surface area contributed by atoms with E-state index >= 15 is 0 Å². The highest BCUT2D eigenvalue weighted by Gasteiger charge is 2.07. The molecule has 0 saturated heterocycles. The Bertz CT molecular complexity index is 556. The molecule has 90 valence electrons. The van der Waals surface area contributed by atoms with Gasteiger partial charge in [0.25, 0.3) is 0 Å². The zero-order valence-electron chi connectivity index (χ0n) is 10.2. The van der Waals surface area contributed by atoms with Crippen LogP contribution in [0.5, 0.6) is 5.75 Å². The molecule has 2 aromatic rings. The molecule has 0 aromatic heterocycles. The van der Waals surface area contributed by atoms with Crippen LogP contribution < -0.4 is 4.74 Å². The number of carbonyl (C=O) groups excluding carboxylic acids is 1. The number of methoxy groups -OCH3 is 1. The van der Waals surface area contributed by atoms with Crippen LogP contribution in [0.4, 0.5) is 0 Å². The topological polar surface area (TPSA) is 26.3 Å². The van der Waals surface area contributed by atoms with Crippen LogP contribution in [-0.4, -0.2) is 12.9 Å². The predicted octanol–water partition coefficient (Wildman–Crippen LogP) is 3.59. The molecule has 0 saturated carbocycles. The van der Waals surface area contributed by atoms with Gasteiger partial charge in [-0.3, -0.25) is 4.79 Å². The molecule has 0 heterocycles. The Morgan fingerprint density at radius 3 is 2.39 bits per heavy atom. The third-order valence-electron chi connectivity index (χ3n) is 2.60. The summed E-state index contributed by atoms with van der Waals surface area (Å²) in [6.45, 7) is 0. The maximum atomic E-state index is 12.0. The van der Waals surface area contributed by atoms with E-state index in [2.05, 4.69) is 0 Å². The lowest BCUT2D eigenvalue weighted by molar-refractivity contribution is 0.104. The van der Waals surface area contributed by atoms with Crippen molar-refractivity contribution < 1.29 is 9.53 Å². The van der Waals surface area contributed by atoms with Gasteiger partial charge in [-0.15, -0.1) is 0 Å². The molecular weight excluding hydrogens is 224 g/mol. The second-order valence-corrected chi connectivity index (χ2v) is 3.81. The first kappa shape index (κ1) is 12.1. The average Bonchev–Trinajstić information content (AvgIpc) is 2.45. The van der Waals surface area contributed by atoms with E-state index in [0.29, 0.717) is 11.3 Å². The van der Waals surface area contributed by atoms with Crippen LogP contribution in [0.2, 0.25) is 0 Å². The molecule has 0 spiro atoms. The van der Waals surface area contributed by atoms with E-state index in [1.807, 2.05) is 42.5 Å². The van der Waals surface area contributed by atoms with E-state index in [-0.39, 0.29) is 5.78 Å². The van der Waals surface area contributed by atoms with Crippen molar-refractivity contribution in [2.24, 2.45) is 0 Å². The second-order valence-electron chi connectivity index (χ2n) is 3.81. The van der Waals surface area contributed by atoms with Gasteiger partial charge >= 0.3 is 0 Å². The minimum Gasteiger partial charge on any atom is -0.496 e. The summed E-state index contributed by atoms with van der Waals surface area (Å²) in [5.74, 6) is 0.538. The number of hydrogen-bond donors (Lipinski definition) is 0. The molecule has 0 aliphatic heterocycles. The van der Waals surface area contributed by atoms with Crippen molar-refractivity contribution in [2.75, 3.05) is 7.11 Å². The number of carbonyl (C=O) groups is 1. The fraction of sp³-hybridized carbons (Fsp3) is 0.0625. The molecule has 0 atom stereocenters. The van der Waals surface area contributed by atoms with Gasteiger partial charge in [-0.1, -0.05) is 48.5 Å². The molecule has 0 aliphatic carbocycles. The maximum Gasteiger partial charge on any atom is 0.189 e. The lowest BCUT2D eigenvalue weighted by Crippen LogP contribution is -1.98. The van der Waals surface area contributed by atoms with E-state index in [9.17, 15) is 4.79 Å². The summed E-state index contributed by atoms with van der Waals surface area (Å²) in [6.07, 6.45) is 3.36. The highest BCUT2D eigenvalue weighted by molar-refractivity contribution is 6.08. The first-order chi connectivity index (χ1) is 8.81. The van der Waals surface area contributed by atoms with Gasteiger partial charge in [0.2, 0.25) is 0 Å². The van der Waals surface area contributed by atoms with E-state index in [1.54, 1.807) is 31.4 Å². The molecule has 0 fully saturated rings. The number of ether oxygens (including phenoxy) is 1. The molecule has 2 nitrogen and oxygen atoms in total. The van der Waals surface area contributed by atoms with Crippen molar-refractivity contribution in [1.29, 1.82) is 0 Å². The Hall–Kier alpha value is -2.35. The van der Waals surface area contributed by atoms with Crippen molar-refractivity contribution in [1.82, 2.24) is 0 Å². The first-order valence-electron chi connectivity index (χ1n) is 5.72. The predicted molar refractivity (Wildman–Crippen MR) is 72.8 cm³/mol. The van der Waals surface area contributed by atoms with Crippen LogP contribution in [0.25, 0.3) is 6.08 Å². The minimum absolute atomic E-state index is 0.0590. The minimum atomic E-state index is -0.0590. The number of ketones is 1. The Morgan fingerprint density at radius 1 is 1.00 bits per heavy atom. The Balaban J connectivity index is 2.20. The number of benzene rings is 2. The standard InChI is InChI=1S/C16H14O2/c1-18-16-10-6-5-9-14(16)15(17)12-11-13-7-3-2-4-8-13/h2-12H,1H3/b12-11+. The van der Waals surface area contributed by atoms with E-state index < -0.39 is 0 Å². The van der Waals surface area contributed by atoms with Crippen molar-refractivity contribution in [3.05, 3.63) is 71.8 Å². The Morgan fingerprint density at radius 2 is 1.67 bits per heavy atom. The summed E-state index contributed by atoms with van der Waals surface area (Å²) in [6, 6.07) is 16.9. The van der Waals surface area contributed by atoms with E-state index in [1.165, 1.54) is 0 Å². The fourth-order valence-electron chi connectivity index (χ4n) is 1.67. The van der Waals surface area contributed by atoms with Crippen LogP contribution in [0, 0.1) is 0 Å². The normalized spacial score (nSPS) is 10.5. The third-order valence-corrected chi connectivity index (χ3v) is 2.60. The monoisotopic (exact) mass is 238 g/mol. The molecule has 0 bridgehead atoms. The van der Waals surface area contributed by atoms with Gasteiger partial charge in [0.1, 0.15) is 5.75 Å². The van der Waals surface area contributed by atoms with Crippen molar-refractivity contribution in [3.63, 3.8) is 0 Å². The number of allylic oxidation sites excluding steroid dienone is 1. The summed E-state index contributed by atoms with van der Waals surface area (Å²) in [5, 5.41) is 0. The van der Waals surface area contributed by atoms with Crippen molar-refractivity contribution >= 4 is 11.9 Å². The molecule has 0 radical (unpaired) electrons. The van der Waals surface area contributed by atoms with Gasteiger partial charge in [0.05, 0.1) is 12.7 Å². The first-order valence-corrected chi connectivity index (χ1v) is 5.72. The fourth-order valence-corrected chi connectivity index (χ4v) is 1.67. The molecular formula is C16H14O2. The molecule has 2 heteroatoms. The zero-order chi connectivity index (χ0) is 12.8. The van der Waals surface area contributed by atoms with Gasteiger partial charge in [0, 0.05) is 0 Å². The van der Waals surface area contributed by atoms with Crippen molar-refractivity contribution in [3.8, 4) is 5.75 Å². The smallest absolute Gasteiger partial charge is 0.189 e. The summed E-state index contributed by atoms with van der Waals surface area (Å²) in [5.41, 5.74) is 1.58. The lowest BCUT2D eigenvalue weighted by Gasteiger charge is -2.04. The summed E-state index contributed by atoms with van der Waals surface area (Å²) >= 11 is 0. The average molecular weight is 238 g/mol. The van der Waals surface area contributed by atoms with Gasteiger partial charge in [-0.25, -0.2) is 0 Å².